The Balaban J connectivity index is 2.38. The molecule has 0 bridgehead atoms. The molecule has 1 aromatic carbocycles. The number of carbonyl (C=O) groups excluding carboxylic acids is 1. The first-order valence-electron chi connectivity index (χ1n) is 4.64. The van der Waals surface area contributed by atoms with Crippen LogP contribution in [0.25, 0.3) is 0 Å². The summed E-state index contributed by atoms with van der Waals surface area (Å²) in [5.41, 5.74) is 0.547. The van der Waals surface area contributed by atoms with Gasteiger partial charge in [0.15, 0.2) is 5.76 Å². The smallest absolute Gasteiger partial charge is 0.228 e. The Morgan fingerprint density at radius 1 is 1.31 bits per heavy atom. The van der Waals surface area contributed by atoms with Crippen LogP contribution < -0.4 is 0 Å². The van der Waals surface area contributed by atoms with Gasteiger partial charge in [0.2, 0.25) is 5.78 Å². The summed E-state index contributed by atoms with van der Waals surface area (Å²) < 4.78 is 5.97. The second-order valence-corrected chi connectivity index (χ2v) is 4.63. The second-order valence-electron chi connectivity index (χ2n) is 3.37. The number of halogens is 2. The van der Waals surface area contributed by atoms with E-state index in [2.05, 4.69) is 15.9 Å². The summed E-state index contributed by atoms with van der Waals surface area (Å²) in [7, 11) is 0. The predicted molar refractivity (Wildman–Crippen MR) is 66.0 cm³/mol. The van der Waals surface area contributed by atoms with Crippen molar-refractivity contribution >= 4 is 33.3 Å². The molecule has 0 unspecified atom stereocenters. The van der Waals surface area contributed by atoms with Crippen molar-refractivity contribution in [2.45, 2.75) is 6.92 Å². The van der Waals surface area contributed by atoms with Crippen LogP contribution in [0.4, 0.5) is 0 Å². The number of benzene rings is 1. The van der Waals surface area contributed by atoms with Gasteiger partial charge in [0.25, 0.3) is 0 Å². The largest absolute Gasteiger partial charge is 0.458 e. The molecule has 1 heterocycles. The molecule has 0 N–H and O–H groups in total. The van der Waals surface area contributed by atoms with E-state index in [1.54, 1.807) is 37.3 Å². The van der Waals surface area contributed by atoms with E-state index in [1.165, 1.54) is 0 Å². The Labute approximate surface area is 106 Å². The van der Waals surface area contributed by atoms with E-state index in [0.29, 0.717) is 20.8 Å². The maximum absolute atomic E-state index is 12.0. The van der Waals surface area contributed by atoms with Gasteiger partial charge in [0.05, 0.1) is 5.02 Å². The quantitative estimate of drug-likeness (QED) is 0.777. The van der Waals surface area contributed by atoms with Crippen molar-refractivity contribution in [2.75, 3.05) is 0 Å². The van der Waals surface area contributed by atoms with Crippen LogP contribution in [0.3, 0.4) is 0 Å². The first-order valence-corrected chi connectivity index (χ1v) is 5.81. The predicted octanol–water partition coefficient (Wildman–Crippen LogP) is 4.23. The Morgan fingerprint density at radius 2 is 2.06 bits per heavy atom. The van der Waals surface area contributed by atoms with E-state index in [-0.39, 0.29) is 5.78 Å². The minimum Gasteiger partial charge on any atom is -0.458 e. The first-order chi connectivity index (χ1) is 7.58. The summed E-state index contributed by atoms with van der Waals surface area (Å²) in [6, 6.07) is 8.46. The van der Waals surface area contributed by atoms with Crippen molar-refractivity contribution in [3.63, 3.8) is 0 Å². The van der Waals surface area contributed by atoms with Gasteiger partial charge < -0.3 is 4.42 Å². The summed E-state index contributed by atoms with van der Waals surface area (Å²) in [4.78, 5) is 12.0. The van der Waals surface area contributed by atoms with Crippen molar-refractivity contribution in [1.29, 1.82) is 0 Å². The molecule has 0 aliphatic carbocycles. The van der Waals surface area contributed by atoms with Gasteiger partial charge in [-0.05, 0) is 53.2 Å². The Hall–Kier alpha value is -1.06. The van der Waals surface area contributed by atoms with Crippen molar-refractivity contribution in [3.8, 4) is 0 Å². The highest BCUT2D eigenvalue weighted by Gasteiger charge is 2.13. The molecule has 0 saturated carbocycles. The number of hydrogen-bond acceptors (Lipinski definition) is 2. The van der Waals surface area contributed by atoms with Gasteiger partial charge in [-0.15, -0.1) is 0 Å². The standard InChI is InChI=1S/C12H8BrClO2/c1-7-2-5-11(16-7)12(15)8-3-4-10(14)9(13)6-8/h2-6H,1H3. The van der Waals surface area contributed by atoms with Crippen LogP contribution in [0.1, 0.15) is 21.9 Å². The zero-order chi connectivity index (χ0) is 11.7. The molecule has 2 aromatic rings. The molecule has 0 aliphatic rings. The van der Waals surface area contributed by atoms with Crippen LogP contribution in [0, 0.1) is 6.92 Å². The highest BCUT2D eigenvalue weighted by atomic mass is 79.9. The highest BCUT2D eigenvalue weighted by Crippen LogP contribution is 2.24. The van der Waals surface area contributed by atoms with Crippen LogP contribution in [0.2, 0.25) is 5.02 Å². The van der Waals surface area contributed by atoms with Gasteiger partial charge >= 0.3 is 0 Å². The van der Waals surface area contributed by atoms with Gasteiger partial charge in [-0.3, -0.25) is 4.79 Å². The van der Waals surface area contributed by atoms with Crippen LogP contribution in [-0.2, 0) is 0 Å². The third kappa shape index (κ3) is 2.20. The van der Waals surface area contributed by atoms with Crippen molar-refractivity contribution in [1.82, 2.24) is 0 Å². The number of ketones is 1. The topological polar surface area (TPSA) is 30.2 Å². The van der Waals surface area contributed by atoms with Crippen molar-refractivity contribution in [2.24, 2.45) is 0 Å². The number of carbonyl (C=O) groups is 1. The Kier molecular flexibility index (Phi) is 3.17. The normalized spacial score (nSPS) is 10.4. The summed E-state index contributed by atoms with van der Waals surface area (Å²) in [6.07, 6.45) is 0. The number of rotatable bonds is 2. The van der Waals surface area contributed by atoms with Crippen molar-refractivity contribution < 1.29 is 9.21 Å². The highest BCUT2D eigenvalue weighted by molar-refractivity contribution is 9.10. The molecule has 82 valence electrons. The monoisotopic (exact) mass is 298 g/mol. The van der Waals surface area contributed by atoms with E-state index >= 15 is 0 Å². The van der Waals surface area contributed by atoms with E-state index < -0.39 is 0 Å². The molecule has 1 aromatic heterocycles. The lowest BCUT2D eigenvalue weighted by molar-refractivity contribution is 0.101. The third-order valence-electron chi connectivity index (χ3n) is 2.15. The van der Waals surface area contributed by atoms with Crippen LogP contribution in [0.5, 0.6) is 0 Å². The molecule has 2 rings (SSSR count). The lowest BCUT2D eigenvalue weighted by Crippen LogP contribution is -1.99. The minimum absolute atomic E-state index is 0.148. The Morgan fingerprint density at radius 3 is 2.62 bits per heavy atom. The molecule has 4 heteroatoms. The van der Waals surface area contributed by atoms with E-state index in [0.717, 1.165) is 5.76 Å². The van der Waals surface area contributed by atoms with Crippen LogP contribution >= 0.6 is 27.5 Å². The van der Waals surface area contributed by atoms with Gasteiger partial charge in [0, 0.05) is 10.0 Å². The molecule has 0 amide bonds. The first kappa shape index (κ1) is 11.4. The fourth-order valence-electron chi connectivity index (χ4n) is 1.34. The second kappa shape index (κ2) is 4.44. The van der Waals surface area contributed by atoms with Crippen LogP contribution in [-0.4, -0.2) is 5.78 Å². The lowest BCUT2D eigenvalue weighted by atomic mass is 10.1. The summed E-state index contributed by atoms with van der Waals surface area (Å²) in [6.45, 7) is 1.80. The van der Waals surface area contributed by atoms with E-state index in [1.807, 2.05) is 0 Å². The summed E-state index contributed by atoms with van der Waals surface area (Å²) in [5, 5.41) is 0.576. The molecule has 0 spiro atoms. The summed E-state index contributed by atoms with van der Waals surface area (Å²) >= 11 is 9.13. The number of furan rings is 1. The SMILES string of the molecule is Cc1ccc(C(=O)c2ccc(Cl)c(Br)c2)o1. The maximum atomic E-state index is 12.0. The number of aryl methyl sites for hydroxylation is 1. The fraction of sp³-hybridized carbons (Fsp3) is 0.0833. The van der Waals surface area contributed by atoms with Crippen LogP contribution in [0.15, 0.2) is 39.2 Å². The molecular formula is C12H8BrClO2. The zero-order valence-corrected chi connectivity index (χ0v) is 10.8. The fourth-order valence-corrected chi connectivity index (χ4v) is 1.83. The molecule has 2 nitrogen and oxygen atoms in total. The summed E-state index contributed by atoms with van der Waals surface area (Å²) in [5.74, 6) is 0.911. The molecule has 0 radical (unpaired) electrons. The molecule has 0 aliphatic heterocycles. The van der Waals surface area contributed by atoms with Gasteiger partial charge in [-0.1, -0.05) is 11.6 Å². The average molecular weight is 300 g/mol. The number of hydrogen-bond donors (Lipinski definition) is 0. The molecule has 16 heavy (non-hydrogen) atoms. The third-order valence-corrected chi connectivity index (χ3v) is 3.36. The molecule has 0 atom stereocenters. The molecule has 0 saturated heterocycles. The molecule has 0 fully saturated rings. The van der Waals surface area contributed by atoms with Gasteiger partial charge in [-0.2, -0.15) is 0 Å². The van der Waals surface area contributed by atoms with E-state index in [9.17, 15) is 4.79 Å². The minimum atomic E-state index is -0.148. The lowest BCUT2D eigenvalue weighted by Gasteiger charge is -2.00. The van der Waals surface area contributed by atoms with E-state index in [4.69, 9.17) is 16.0 Å². The Bertz CT molecular complexity index is 546. The maximum Gasteiger partial charge on any atom is 0.228 e. The van der Waals surface area contributed by atoms with Gasteiger partial charge in [0.1, 0.15) is 5.76 Å². The van der Waals surface area contributed by atoms with Crippen molar-refractivity contribution in [3.05, 3.63) is 56.9 Å². The molecular weight excluding hydrogens is 291 g/mol. The average Bonchev–Trinajstić information content (AvgIpc) is 2.68. The van der Waals surface area contributed by atoms with Gasteiger partial charge in [-0.25, -0.2) is 0 Å². The zero-order valence-electron chi connectivity index (χ0n) is 8.46.